The molecule has 1 unspecified atom stereocenters. The molecule has 1 N–H and O–H groups in total. The highest BCUT2D eigenvalue weighted by Gasteiger charge is 2.16. The van der Waals surface area contributed by atoms with Crippen LogP contribution in [0.4, 0.5) is 10.1 Å². The van der Waals surface area contributed by atoms with Crippen molar-refractivity contribution in [3.05, 3.63) is 30.3 Å². The van der Waals surface area contributed by atoms with Gasteiger partial charge in [0, 0.05) is 12.1 Å². The Bertz CT molecular complexity index is 406. The highest BCUT2D eigenvalue weighted by atomic mass is 19.1. The number of nitrogens with one attached hydrogen (secondary N) is 1. The molecule has 4 heteroatoms. The Hall–Kier alpha value is -1.71. The molecule has 19 heavy (non-hydrogen) atoms. The van der Waals surface area contributed by atoms with Crippen molar-refractivity contribution < 1.29 is 14.0 Å². The van der Waals surface area contributed by atoms with Gasteiger partial charge < -0.3 is 10.1 Å². The summed E-state index contributed by atoms with van der Waals surface area (Å²) in [7, 11) is 0. The van der Waals surface area contributed by atoms with E-state index in [2.05, 4.69) is 5.32 Å². The number of para-hydroxylation sites is 1. The Morgan fingerprint density at radius 3 is 2.47 bits per heavy atom. The van der Waals surface area contributed by atoms with Gasteiger partial charge in [-0.25, -0.2) is 4.39 Å². The number of rotatable bonds is 8. The SMILES string of the molecule is CC(=O)CCCCCC(F)C(=O)Nc1ccccc1. The fourth-order valence-corrected chi connectivity index (χ4v) is 1.75. The number of ketones is 1. The molecule has 1 amide bonds. The van der Waals surface area contributed by atoms with E-state index in [1.165, 1.54) is 0 Å². The lowest BCUT2D eigenvalue weighted by molar-refractivity contribution is -0.121. The molecule has 1 aromatic carbocycles. The van der Waals surface area contributed by atoms with Crippen LogP contribution >= 0.6 is 0 Å². The summed E-state index contributed by atoms with van der Waals surface area (Å²) in [5, 5.41) is 2.53. The molecule has 0 heterocycles. The molecule has 0 fully saturated rings. The van der Waals surface area contributed by atoms with Crippen molar-refractivity contribution in [3.8, 4) is 0 Å². The van der Waals surface area contributed by atoms with Crippen LogP contribution in [0.5, 0.6) is 0 Å². The van der Waals surface area contributed by atoms with E-state index in [9.17, 15) is 14.0 Å². The van der Waals surface area contributed by atoms with E-state index in [4.69, 9.17) is 0 Å². The van der Waals surface area contributed by atoms with Crippen LogP contribution < -0.4 is 5.32 Å². The Labute approximate surface area is 113 Å². The van der Waals surface area contributed by atoms with Crippen LogP contribution in [0.15, 0.2) is 30.3 Å². The third-order valence-corrected chi connectivity index (χ3v) is 2.81. The van der Waals surface area contributed by atoms with Gasteiger partial charge in [-0.05, 0) is 38.3 Å². The van der Waals surface area contributed by atoms with Crippen molar-refractivity contribution >= 4 is 17.4 Å². The molecule has 1 atom stereocenters. The van der Waals surface area contributed by atoms with Crippen LogP contribution in [0.25, 0.3) is 0 Å². The van der Waals surface area contributed by atoms with E-state index in [-0.39, 0.29) is 12.2 Å². The topological polar surface area (TPSA) is 46.2 Å². The van der Waals surface area contributed by atoms with Crippen LogP contribution in [0, 0.1) is 0 Å². The monoisotopic (exact) mass is 265 g/mol. The van der Waals surface area contributed by atoms with Crippen molar-refractivity contribution in [1.82, 2.24) is 0 Å². The highest BCUT2D eigenvalue weighted by molar-refractivity contribution is 5.93. The summed E-state index contributed by atoms with van der Waals surface area (Å²) in [5.74, 6) is -0.448. The second kappa shape index (κ2) is 8.40. The second-order valence-corrected chi connectivity index (χ2v) is 4.62. The van der Waals surface area contributed by atoms with Crippen molar-refractivity contribution in [2.75, 3.05) is 5.32 Å². The van der Waals surface area contributed by atoms with Crippen LogP contribution in [0.2, 0.25) is 0 Å². The van der Waals surface area contributed by atoms with Gasteiger partial charge in [0.25, 0.3) is 5.91 Å². The molecular weight excluding hydrogens is 245 g/mol. The summed E-state index contributed by atoms with van der Waals surface area (Å²) in [4.78, 5) is 22.3. The van der Waals surface area contributed by atoms with Gasteiger partial charge in [0.1, 0.15) is 5.78 Å². The largest absolute Gasteiger partial charge is 0.324 e. The molecule has 0 aliphatic rings. The summed E-state index contributed by atoms with van der Waals surface area (Å²) >= 11 is 0. The molecule has 0 aliphatic heterocycles. The lowest BCUT2D eigenvalue weighted by Crippen LogP contribution is -2.23. The number of hydrogen-bond donors (Lipinski definition) is 1. The molecule has 3 nitrogen and oxygen atoms in total. The van der Waals surface area contributed by atoms with E-state index in [0.29, 0.717) is 18.5 Å². The highest BCUT2D eigenvalue weighted by Crippen LogP contribution is 2.12. The number of benzene rings is 1. The van der Waals surface area contributed by atoms with Gasteiger partial charge in [0.05, 0.1) is 0 Å². The Morgan fingerprint density at radius 1 is 1.16 bits per heavy atom. The molecule has 1 rings (SSSR count). The normalized spacial score (nSPS) is 11.9. The van der Waals surface area contributed by atoms with E-state index >= 15 is 0 Å². The summed E-state index contributed by atoms with van der Waals surface area (Å²) in [6.45, 7) is 1.55. The molecule has 0 saturated heterocycles. The Morgan fingerprint density at radius 2 is 1.84 bits per heavy atom. The fourth-order valence-electron chi connectivity index (χ4n) is 1.75. The zero-order valence-corrected chi connectivity index (χ0v) is 11.2. The van der Waals surface area contributed by atoms with E-state index in [0.717, 1.165) is 12.8 Å². The van der Waals surface area contributed by atoms with Crippen molar-refractivity contribution in [3.63, 3.8) is 0 Å². The van der Waals surface area contributed by atoms with Crippen LogP contribution in [0.3, 0.4) is 0 Å². The Kier molecular flexibility index (Phi) is 6.79. The van der Waals surface area contributed by atoms with Gasteiger partial charge in [0.2, 0.25) is 0 Å². The fraction of sp³-hybridized carbons (Fsp3) is 0.467. The number of halogens is 1. The number of amides is 1. The molecule has 0 aromatic heterocycles. The standard InChI is InChI=1S/C15H20FNO2/c1-12(18)8-4-2-7-11-14(16)15(19)17-13-9-5-3-6-10-13/h3,5-6,9-10,14H,2,4,7-8,11H2,1H3,(H,17,19). The molecule has 0 bridgehead atoms. The quantitative estimate of drug-likeness (QED) is 0.731. The van der Waals surface area contributed by atoms with Gasteiger partial charge >= 0.3 is 0 Å². The van der Waals surface area contributed by atoms with E-state index < -0.39 is 12.1 Å². The first kappa shape index (κ1) is 15.3. The number of anilines is 1. The number of alkyl halides is 1. The predicted octanol–water partition coefficient (Wildman–Crippen LogP) is 3.50. The average molecular weight is 265 g/mol. The van der Waals surface area contributed by atoms with E-state index in [1.807, 2.05) is 6.07 Å². The second-order valence-electron chi connectivity index (χ2n) is 4.62. The minimum absolute atomic E-state index is 0.151. The van der Waals surface area contributed by atoms with Gasteiger partial charge in [0.15, 0.2) is 6.17 Å². The van der Waals surface area contributed by atoms with Crippen LogP contribution in [-0.2, 0) is 9.59 Å². The summed E-state index contributed by atoms with van der Waals surface area (Å²) in [6.07, 6.45) is 1.42. The zero-order chi connectivity index (χ0) is 14.1. The van der Waals surface area contributed by atoms with Gasteiger partial charge in [-0.2, -0.15) is 0 Å². The molecule has 0 aliphatic carbocycles. The number of carbonyl (C=O) groups excluding carboxylic acids is 2. The lowest BCUT2D eigenvalue weighted by Gasteiger charge is -2.09. The zero-order valence-electron chi connectivity index (χ0n) is 11.2. The summed E-state index contributed by atoms with van der Waals surface area (Å²) in [5.41, 5.74) is 0.603. The lowest BCUT2D eigenvalue weighted by atomic mass is 10.1. The first-order chi connectivity index (χ1) is 9.09. The summed E-state index contributed by atoms with van der Waals surface area (Å²) in [6, 6.07) is 8.84. The first-order valence-corrected chi connectivity index (χ1v) is 6.59. The van der Waals surface area contributed by atoms with Gasteiger partial charge in [-0.3, -0.25) is 4.79 Å². The molecule has 0 saturated carbocycles. The van der Waals surface area contributed by atoms with Gasteiger partial charge in [-0.1, -0.05) is 24.6 Å². The minimum atomic E-state index is -1.49. The molecule has 0 radical (unpaired) electrons. The molecular formula is C15H20FNO2. The maximum Gasteiger partial charge on any atom is 0.258 e. The molecule has 0 spiro atoms. The van der Waals surface area contributed by atoms with Crippen LogP contribution in [0.1, 0.15) is 39.0 Å². The van der Waals surface area contributed by atoms with Crippen molar-refractivity contribution in [2.24, 2.45) is 0 Å². The number of hydrogen-bond acceptors (Lipinski definition) is 2. The Balaban J connectivity index is 2.20. The third kappa shape index (κ3) is 6.70. The number of carbonyl (C=O) groups is 2. The average Bonchev–Trinajstić information content (AvgIpc) is 2.38. The third-order valence-electron chi connectivity index (χ3n) is 2.81. The minimum Gasteiger partial charge on any atom is -0.324 e. The van der Waals surface area contributed by atoms with E-state index in [1.54, 1.807) is 31.2 Å². The van der Waals surface area contributed by atoms with Crippen molar-refractivity contribution in [2.45, 2.75) is 45.2 Å². The maximum absolute atomic E-state index is 13.6. The predicted molar refractivity (Wildman–Crippen MR) is 73.7 cm³/mol. The maximum atomic E-state index is 13.6. The van der Waals surface area contributed by atoms with Gasteiger partial charge in [-0.15, -0.1) is 0 Å². The number of unbranched alkanes of at least 4 members (excludes halogenated alkanes) is 2. The molecule has 1 aromatic rings. The van der Waals surface area contributed by atoms with Crippen molar-refractivity contribution in [1.29, 1.82) is 0 Å². The van der Waals surface area contributed by atoms with Crippen LogP contribution in [-0.4, -0.2) is 17.9 Å². The molecule has 104 valence electrons. The number of Topliss-reactive ketones (excluding diaryl/α,β-unsaturated/α-hetero) is 1. The first-order valence-electron chi connectivity index (χ1n) is 6.59. The summed E-state index contributed by atoms with van der Waals surface area (Å²) < 4.78 is 13.6. The smallest absolute Gasteiger partial charge is 0.258 e.